The van der Waals surface area contributed by atoms with Gasteiger partial charge in [0.2, 0.25) is 5.71 Å². The van der Waals surface area contributed by atoms with Gasteiger partial charge >= 0.3 is 0 Å². The standard InChI is InChI=1S/C58H38N2O/c1-5-17-39(18-6-1)40-29-31-46(32-30-40)60(56-34-33-48-51-35-42-21-13-14-22-43(42)36-55(51)61-57(48)59-56)54-38-53-50(37-49(54)41-19-7-2-8-20-41)47-27-15-16-28-52(47)58(53,44-23-9-3-10-24-44)45-25-11-4-12-26-45/h1-38H. The summed E-state index contributed by atoms with van der Waals surface area (Å²) in [6, 6.07) is 83.1. The number of hydrogen-bond acceptors (Lipinski definition) is 3. The highest BCUT2D eigenvalue weighted by molar-refractivity contribution is 6.09. The van der Waals surface area contributed by atoms with Gasteiger partial charge in [-0.1, -0.05) is 182 Å². The predicted octanol–water partition coefficient (Wildman–Crippen LogP) is 15.3. The molecule has 0 bridgehead atoms. The van der Waals surface area contributed by atoms with E-state index in [1.54, 1.807) is 0 Å². The highest BCUT2D eigenvalue weighted by Crippen LogP contribution is 2.59. The van der Waals surface area contributed by atoms with Crippen molar-refractivity contribution < 1.29 is 4.42 Å². The number of pyridine rings is 1. The maximum Gasteiger partial charge on any atom is 0.229 e. The van der Waals surface area contributed by atoms with Crippen molar-refractivity contribution >= 4 is 50.0 Å². The maximum atomic E-state index is 6.64. The summed E-state index contributed by atoms with van der Waals surface area (Å²) in [6.45, 7) is 0. The number of rotatable bonds is 7. The molecule has 0 N–H and O–H groups in total. The van der Waals surface area contributed by atoms with Crippen LogP contribution in [0.15, 0.2) is 235 Å². The Labute approximate surface area is 354 Å². The van der Waals surface area contributed by atoms with Gasteiger partial charge in [-0.15, -0.1) is 0 Å². The third-order valence-corrected chi connectivity index (χ3v) is 12.6. The lowest BCUT2D eigenvalue weighted by Crippen LogP contribution is -2.28. The molecule has 0 saturated heterocycles. The molecule has 3 heteroatoms. The average molecular weight is 779 g/mol. The third-order valence-electron chi connectivity index (χ3n) is 12.6. The minimum Gasteiger partial charge on any atom is -0.438 e. The molecular formula is C58H38N2O. The molecule has 3 nitrogen and oxygen atoms in total. The second kappa shape index (κ2) is 14.1. The zero-order valence-corrected chi connectivity index (χ0v) is 33.2. The molecule has 12 rings (SSSR count). The lowest BCUT2D eigenvalue weighted by molar-refractivity contribution is 0.655. The maximum absolute atomic E-state index is 6.64. The van der Waals surface area contributed by atoms with Crippen molar-refractivity contribution in [3.8, 4) is 33.4 Å². The Morgan fingerprint density at radius 2 is 0.967 bits per heavy atom. The number of furan rings is 1. The van der Waals surface area contributed by atoms with Crippen LogP contribution in [0.2, 0.25) is 0 Å². The normalized spacial score (nSPS) is 12.7. The monoisotopic (exact) mass is 778 g/mol. The molecule has 1 aliphatic rings. The van der Waals surface area contributed by atoms with Crippen molar-refractivity contribution in [2.24, 2.45) is 0 Å². The number of nitrogens with zero attached hydrogens (tertiary/aromatic N) is 2. The third kappa shape index (κ3) is 5.55. The van der Waals surface area contributed by atoms with Gasteiger partial charge in [0.05, 0.1) is 11.1 Å². The fourth-order valence-electron chi connectivity index (χ4n) is 9.80. The Balaban J connectivity index is 1.16. The van der Waals surface area contributed by atoms with E-state index in [1.165, 1.54) is 44.3 Å². The molecule has 0 spiro atoms. The van der Waals surface area contributed by atoms with Crippen LogP contribution in [0.5, 0.6) is 0 Å². The van der Waals surface area contributed by atoms with Crippen molar-refractivity contribution in [1.82, 2.24) is 4.98 Å². The van der Waals surface area contributed by atoms with Gasteiger partial charge in [-0.2, -0.15) is 4.98 Å². The van der Waals surface area contributed by atoms with E-state index in [0.717, 1.165) is 55.6 Å². The fraction of sp³-hybridized carbons (Fsp3) is 0.0172. The zero-order chi connectivity index (χ0) is 40.3. The first-order valence-electron chi connectivity index (χ1n) is 20.9. The first-order chi connectivity index (χ1) is 30.2. The van der Waals surface area contributed by atoms with E-state index in [2.05, 4.69) is 235 Å². The molecule has 286 valence electrons. The Bertz CT molecular complexity index is 3350. The lowest BCUT2D eigenvalue weighted by atomic mass is 9.67. The van der Waals surface area contributed by atoms with Crippen molar-refractivity contribution in [2.45, 2.75) is 5.41 Å². The predicted molar refractivity (Wildman–Crippen MR) is 252 cm³/mol. The van der Waals surface area contributed by atoms with E-state index in [4.69, 9.17) is 9.40 Å². The molecule has 0 aliphatic heterocycles. The fourth-order valence-corrected chi connectivity index (χ4v) is 9.80. The van der Waals surface area contributed by atoms with Gasteiger partial charge < -0.3 is 4.42 Å². The minimum atomic E-state index is -0.584. The summed E-state index contributed by atoms with van der Waals surface area (Å²) in [5, 5.41) is 4.36. The molecular weight excluding hydrogens is 741 g/mol. The molecule has 0 radical (unpaired) electrons. The number of anilines is 3. The molecule has 0 amide bonds. The lowest BCUT2D eigenvalue weighted by Gasteiger charge is -2.35. The van der Waals surface area contributed by atoms with E-state index < -0.39 is 5.41 Å². The smallest absolute Gasteiger partial charge is 0.229 e. The molecule has 2 aromatic heterocycles. The molecule has 0 fully saturated rings. The van der Waals surface area contributed by atoms with Crippen LogP contribution in [-0.4, -0.2) is 4.98 Å². The highest BCUT2D eigenvalue weighted by atomic mass is 16.3. The average Bonchev–Trinajstić information content (AvgIpc) is 3.84. The Morgan fingerprint density at radius 1 is 0.393 bits per heavy atom. The molecule has 11 aromatic rings. The summed E-state index contributed by atoms with van der Waals surface area (Å²) in [5.74, 6) is 0.765. The number of fused-ring (bicyclic) bond motifs is 7. The van der Waals surface area contributed by atoms with E-state index in [-0.39, 0.29) is 0 Å². The summed E-state index contributed by atoms with van der Waals surface area (Å²) in [7, 11) is 0. The van der Waals surface area contributed by atoms with Crippen LogP contribution < -0.4 is 4.90 Å². The summed E-state index contributed by atoms with van der Waals surface area (Å²) >= 11 is 0. The highest BCUT2D eigenvalue weighted by Gasteiger charge is 2.47. The van der Waals surface area contributed by atoms with Crippen LogP contribution in [0.3, 0.4) is 0 Å². The molecule has 0 saturated carbocycles. The van der Waals surface area contributed by atoms with Crippen LogP contribution in [0.1, 0.15) is 22.3 Å². The van der Waals surface area contributed by atoms with Gasteiger partial charge in [0, 0.05) is 22.0 Å². The molecule has 0 unspecified atom stereocenters. The summed E-state index contributed by atoms with van der Waals surface area (Å²) in [6.07, 6.45) is 0. The Hall–Kier alpha value is -8.01. The van der Waals surface area contributed by atoms with Crippen LogP contribution in [0, 0.1) is 0 Å². The van der Waals surface area contributed by atoms with Crippen molar-refractivity contribution in [3.05, 3.63) is 253 Å². The van der Waals surface area contributed by atoms with Crippen LogP contribution >= 0.6 is 0 Å². The van der Waals surface area contributed by atoms with Gasteiger partial charge in [0.1, 0.15) is 11.4 Å². The van der Waals surface area contributed by atoms with Crippen LogP contribution in [-0.2, 0) is 5.41 Å². The van der Waals surface area contributed by atoms with E-state index in [9.17, 15) is 0 Å². The van der Waals surface area contributed by atoms with Gasteiger partial charge in [0.25, 0.3) is 0 Å². The second-order valence-electron chi connectivity index (χ2n) is 15.9. The summed E-state index contributed by atoms with van der Waals surface area (Å²) in [5.41, 5.74) is 14.8. The SMILES string of the molecule is c1ccc(-c2ccc(N(c3ccc4c(n3)oc3cc5ccccc5cc34)c3cc4c(cc3-c3ccccc3)-c3ccccc3C4(c3ccccc3)c3ccccc3)cc2)cc1. The van der Waals surface area contributed by atoms with Crippen molar-refractivity contribution in [2.75, 3.05) is 4.90 Å². The first kappa shape index (κ1) is 35.0. The summed E-state index contributed by atoms with van der Waals surface area (Å²) < 4.78 is 6.64. The molecule has 9 aromatic carbocycles. The van der Waals surface area contributed by atoms with Gasteiger partial charge in [-0.05, 0) is 109 Å². The Kier molecular flexibility index (Phi) is 8.07. The van der Waals surface area contributed by atoms with Crippen molar-refractivity contribution in [3.63, 3.8) is 0 Å². The van der Waals surface area contributed by atoms with Crippen molar-refractivity contribution in [1.29, 1.82) is 0 Å². The van der Waals surface area contributed by atoms with Gasteiger partial charge in [0.15, 0.2) is 0 Å². The molecule has 1 aliphatic carbocycles. The quantitative estimate of drug-likeness (QED) is 0.161. The number of benzene rings is 9. The number of aromatic nitrogens is 1. The van der Waals surface area contributed by atoms with Gasteiger partial charge in [-0.25, -0.2) is 0 Å². The topological polar surface area (TPSA) is 29.3 Å². The first-order valence-corrected chi connectivity index (χ1v) is 20.9. The van der Waals surface area contributed by atoms with E-state index in [1.807, 2.05) is 0 Å². The Morgan fingerprint density at radius 3 is 1.66 bits per heavy atom. The molecule has 61 heavy (non-hydrogen) atoms. The van der Waals surface area contributed by atoms with E-state index >= 15 is 0 Å². The number of hydrogen-bond donors (Lipinski definition) is 0. The molecule has 2 heterocycles. The van der Waals surface area contributed by atoms with Crippen LogP contribution in [0.25, 0.3) is 66.2 Å². The van der Waals surface area contributed by atoms with Crippen LogP contribution in [0.4, 0.5) is 17.2 Å². The van der Waals surface area contributed by atoms with Gasteiger partial charge in [-0.3, -0.25) is 4.90 Å². The second-order valence-corrected chi connectivity index (χ2v) is 15.9. The molecule has 0 atom stereocenters. The zero-order valence-electron chi connectivity index (χ0n) is 33.2. The largest absolute Gasteiger partial charge is 0.438 e. The summed E-state index contributed by atoms with van der Waals surface area (Å²) in [4.78, 5) is 7.74. The minimum absolute atomic E-state index is 0.584. The van der Waals surface area contributed by atoms with E-state index in [0.29, 0.717) is 5.71 Å².